The van der Waals surface area contributed by atoms with E-state index in [1.807, 2.05) is 25.1 Å². The second-order valence-electron chi connectivity index (χ2n) is 6.51. The van der Waals surface area contributed by atoms with Gasteiger partial charge in [-0.3, -0.25) is 0 Å². The molecule has 0 aromatic heterocycles. The Morgan fingerprint density at radius 2 is 2.00 bits per heavy atom. The van der Waals surface area contributed by atoms with Crippen LogP contribution in [-0.4, -0.2) is 23.9 Å². The maximum atomic E-state index is 11.3. The molecule has 0 radical (unpaired) electrons. The van der Waals surface area contributed by atoms with Crippen molar-refractivity contribution in [1.82, 2.24) is 0 Å². The van der Waals surface area contributed by atoms with E-state index in [1.54, 1.807) is 0 Å². The van der Waals surface area contributed by atoms with E-state index in [-0.39, 0.29) is 5.41 Å². The second-order valence-corrected chi connectivity index (χ2v) is 6.51. The highest BCUT2D eigenvalue weighted by Crippen LogP contribution is 2.62. The van der Waals surface area contributed by atoms with Gasteiger partial charge in [0.25, 0.3) is 0 Å². The van der Waals surface area contributed by atoms with Crippen LogP contribution in [0.1, 0.15) is 38.7 Å². The summed E-state index contributed by atoms with van der Waals surface area (Å²) >= 11 is 0. The van der Waals surface area contributed by atoms with Gasteiger partial charge in [0.2, 0.25) is 0 Å². The van der Waals surface area contributed by atoms with Gasteiger partial charge in [0.05, 0.1) is 12.2 Å². The minimum absolute atomic E-state index is 0.0170. The molecular formula is C16H23NO2. The number of para-hydroxylation sites is 1. The van der Waals surface area contributed by atoms with Crippen LogP contribution in [0.4, 0.5) is 0 Å². The molecule has 1 aromatic rings. The quantitative estimate of drug-likeness (QED) is 0.877. The van der Waals surface area contributed by atoms with Crippen LogP contribution in [-0.2, 0) is 5.41 Å². The first-order valence-electron chi connectivity index (χ1n) is 7.12. The van der Waals surface area contributed by atoms with Gasteiger partial charge in [0, 0.05) is 17.5 Å². The third-order valence-electron chi connectivity index (χ3n) is 5.64. The normalized spacial score (nSPS) is 30.9. The third-order valence-corrected chi connectivity index (χ3v) is 5.64. The van der Waals surface area contributed by atoms with Crippen molar-refractivity contribution < 1.29 is 9.84 Å². The molecule has 1 aliphatic heterocycles. The number of fused-ring (bicyclic) bond motifs is 1. The predicted molar refractivity (Wildman–Crippen MR) is 75.3 cm³/mol. The Labute approximate surface area is 114 Å². The van der Waals surface area contributed by atoms with Gasteiger partial charge in [-0.05, 0) is 37.7 Å². The van der Waals surface area contributed by atoms with Gasteiger partial charge in [0.15, 0.2) is 0 Å². The lowest BCUT2D eigenvalue weighted by Crippen LogP contribution is -2.60. The first-order chi connectivity index (χ1) is 8.97. The minimum Gasteiger partial charge on any atom is -0.493 e. The van der Waals surface area contributed by atoms with Crippen LogP contribution < -0.4 is 10.5 Å². The molecule has 3 nitrogen and oxygen atoms in total. The molecule has 2 aliphatic rings. The molecule has 1 saturated carbocycles. The summed E-state index contributed by atoms with van der Waals surface area (Å²) in [5, 5.41) is 11.3. The maximum absolute atomic E-state index is 11.3. The van der Waals surface area contributed by atoms with Crippen LogP contribution in [0.15, 0.2) is 24.3 Å². The summed E-state index contributed by atoms with van der Waals surface area (Å²) < 4.78 is 5.74. The molecule has 2 unspecified atom stereocenters. The standard InChI is InChI=1S/C16H23NO2/c1-14(7-8-14)15(2,18)16(11-17)9-10-19-13-6-4-3-5-12(13)16/h3-6,18H,7-11,17H2,1-2H3. The van der Waals surface area contributed by atoms with Crippen LogP contribution in [0.3, 0.4) is 0 Å². The average Bonchev–Trinajstić information content (AvgIpc) is 3.17. The van der Waals surface area contributed by atoms with E-state index in [0.29, 0.717) is 13.2 Å². The zero-order valence-electron chi connectivity index (χ0n) is 11.8. The fourth-order valence-electron chi connectivity index (χ4n) is 3.63. The number of hydrogen-bond donors (Lipinski definition) is 2. The zero-order chi connectivity index (χ0) is 13.7. The van der Waals surface area contributed by atoms with Gasteiger partial charge in [0.1, 0.15) is 5.75 Å². The molecule has 1 fully saturated rings. The summed E-state index contributed by atoms with van der Waals surface area (Å²) in [7, 11) is 0. The second kappa shape index (κ2) is 3.97. The molecular weight excluding hydrogens is 238 g/mol. The van der Waals surface area contributed by atoms with Crippen molar-refractivity contribution in [2.45, 2.75) is 44.1 Å². The van der Waals surface area contributed by atoms with Crippen LogP contribution >= 0.6 is 0 Å². The van der Waals surface area contributed by atoms with Gasteiger partial charge in [-0.2, -0.15) is 0 Å². The molecule has 0 saturated heterocycles. The van der Waals surface area contributed by atoms with E-state index in [0.717, 1.165) is 30.6 Å². The van der Waals surface area contributed by atoms with Crippen molar-refractivity contribution in [3.8, 4) is 5.75 Å². The van der Waals surface area contributed by atoms with Crippen molar-refractivity contribution in [3.63, 3.8) is 0 Å². The van der Waals surface area contributed by atoms with E-state index in [9.17, 15) is 5.11 Å². The lowest BCUT2D eigenvalue weighted by Gasteiger charge is -2.51. The van der Waals surface area contributed by atoms with E-state index in [4.69, 9.17) is 10.5 Å². The number of benzene rings is 1. The summed E-state index contributed by atoms with van der Waals surface area (Å²) in [5.41, 5.74) is 6.01. The summed E-state index contributed by atoms with van der Waals surface area (Å²) in [6.45, 7) is 5.22. The van der Waals surface area contributed by atoms with Gasteiger partial charge < -0.3 is 15.6 Å². The van der Waals surface area contributed by atoms with Crippen LogP contribution in [0.2, 0.25) is 0 Å². The predicted octanol–water partition coefficient (Wildman–Crippen LogP) is 2.22. The molecule has 0 amide bonds. The number of hydrogen-bond acceptors (Lipinski definition) is 3. The minimum atomic E-state index is -0.797. The molecule has 3 N–H and O–H groups in total. The zero-order valence-corrected chi connectivity index (χ0v) is 11.8. The Kier molecular flexibility index (Phi) is 2.70. The Bertz CT molecular complexity index is 493. The molecule has 1 aliphatic carbocycles. The molecule has 2 atom stereocenters. The van der Waals surface area contributed by atoms with Gasteiger partial charge >= 0.3 is 0 Å². The van der Waals surface area contributed by atoms with Crippen molar-refractivity contribution >= 4 is 0 Å². The number of nitrogens with two attached hydrogens (primary N) is 1. The molecule has 3 heteroatoms. The number of rotatable bonds is 3. The summed E-state index contributed by atoms with van der Waals surface area (Å²) in [5.74, 6) is 0.878. The fraction of sp³-hybridized carbons (Fsp3) is 0.625. The first-order valence-corrected chi connectivity index (χ1v) is 7.12. The lowest BCUT2D eigenvalue weighted by atomic mass is 9.59. The third kappa shape index (κ3) is 1.58. The Balaban J connectivity index is 2.15. The Morgan fingerprint density at radius 1 is 1.32 bits per heavy atom. The molecule has 104 valence electrons. The van der Waals surface area contributed by atoms with Crippen molar-refractivity contribution in [2.24, 2.45) is 11.1 Å². The van der Waals surface area contributed by atoms with E-state index >= 15 is 0 Å². The van der Waals surface area contributed by atoms with Crippen LogP contribution in [0.25, 0.3) is 0 Å². The van der Waals surface area contributed by atoms with E-state index in [2.05, 4.69) is 13.0 Å². The highest BCUT2D eigenvalue weighted by atomic mass is 16.5. The monoisotopic (exact) mass is 261 g/mol. The first kappa shape index (κ1) is 12.9. The SMILES string of the molecule is CC1(C(C)(O)C2(CN)CCOc3ccccc32)CC1. The maximum Gasteiger partial charge on any atom is 0.123 e. The van der Waals surface area contributed by atoms with Gasteiger partial charge in [-0.1, -0.05) is 25.1 Å². The van der Waals surface area contributed by atoms with Gasteiger partial charge in [-0.25, -0.2) is 0 Å². The molecule has 3 rings (SSSR count). The number of ether oxygens (including phenoxy) is 1. The number of aliphatic hydroxyl groups is 1. The topological polar surface area (TPSA) is 55.5 Å². The highest BCUT2D eigenvalue weighted by Gasteiger charge is 2.63. The van der Waals surface area contributed by atoms with Crippen molar-refractivity contribution in [2.75, 3.05) is 13.2 Å². The smallest absolute Gasteiger partial charge is 0.123 e. The van der Waals surface area contributed by atoms with Crippen molar-refractivity contribution in [3.05, 3.63) is 29.8 Å². The van der Waals surface area contributed by atoms with E-state index < -0.39 is 11.0 Å². The summed E-state index contributed by atoms with van der Waals surface area (Å²) in [6, 6.07) is 8.01. The molecule has 0 bridgehead atoms. The average molecular weight is 261 g/mol. The lowest BCUT2D eigenvalue weighted by molar-refractivity contribution is -0.0893. The Hall–Kier alpha value is -1.06. The molecule has 0 spiro atoms. The summed E-state index contributed by atoms with van der Waals surface area (Å²) in [4.78, 5) is 0. The van der Waals surface area contributed by atoms with E-state index in [1.165, 1.54) is 0 Å². The van der Waals surface area contributed by atoms with Crippen LogP contribution in [0.5, 0.6) is 5.75 Å². The van der Waals surface area contributed by atoms with Crippen LogP contribution in [0, 0.1) is 5.41 Å². The fourth-order valence-corrected chi connectivity index (χ4v) is 3.63. The van der Waals surface area contributed by atoms with Crippen molar-refractivity contribution in [1.29, 1.82) is 0 Å². The Morgan fingerprint density at radius 3 is 2.63 bits per heavy atom. The summed E-state index contributed by atoms with van der Waals surface area (Å²) in [6.07, 6.45) is 2.93. The van der Waals surface area contributed by atoms with Gasteiger partial charge in [-0.15, -0.1) is 0 Å². The molecule has 1 aromatic carbocycles. The largest absolute Gasteiger partial charge is 0.493 e. The highest BCUT2D eigenvalue weighted by molar-refractivity contribution is 5.45. The molecule has 19 heavy (non-hydrogen) atoms. The molecule has 1 heterocycles.